The summed E-state index contributed by atoms with van der Waals surface area (Å²) in [5, 5.41) is 4.15. The number of rotatable bonds is 3. The highest BCUT2D eigenvalue weighted by molar-refractivity contribution is 5.93. The van der Waals surface area contributed by atoms with E-state index in [1.54, 1.807) is 28.0 Å². The highest BCUT2D eigenvalue weighted by Crippen LogP contribution is 2.22. The minimum absolute atomic E-state index is 0.0306. The van der Waals surface area contributed by atoms with Crippen molar-refractivity contribution in [1.29, 1.82) is 0 Å². The average Bonchev–Trinajstić information content (AvgIpc) is 3.03. The number of nitrogens with zero attached hydrogens (tertiary/aromatic N) is 4. The molecule has 7 nitrogen and oxygen atoms in total. The standard InChI is InChI=1S/C15H19N5O2/c1-2-20-9-11(8-17-20)15(21)19-6-7-22-13(10-19)12-4-3-5-14(16)18-12/h3-5,8-9,13H,2,6-7,10H2,1H3,(H2,16,18). The largest absolute Gasteiger partial charge is 0.384 e. The molecule has 22 heavy (non-hydrogen) atoms. The Morgan fingerprint density at radius 2 is 2.36 bits per heavy atom. The summed E-state index contributed by atoms with van der Waals surface area (Å²) in [5.74, 6) is 0.422. The number of carbonyl (C=O) groups is 1. The molecule has 0 spiro atoms. The molecular formula is C15H19N5O2. The number of pyridine rings is 1. The predicted octanol–water partition coefficient (Wildman–Crippen LogP) is 1.09. The Balaban J connectivity index is 1.73. The zero-order chi connectivity index (χ0) is 15.5. The molecule has 1 saturated heterocycles. The molecule has 1 unspecified atom stereocenters. The van der Waals surface area contributed by atoms with Crippen LogP contribution in [0, 0.1) is 0 Å². The second-order valence-corrected chi connectivity index (χ2v) is 5.18. The van der Waals surface area contributed by atoms with Crippen molar-refractivity contribution in [1.82, 2.24) is 19.7 Å². The van der Waals surface area contributed by atoms with Crippen molar-refractivity contribution in [3.63, 3.8) is 0 Å². The molecule has 116 valence electrons. The molecule has 3 heterocycles. The third kappa shape index (κ3) is 2.94. The fourth-order valence-corrected chi connectivity index (χ4v) is 2.49. The van der Waals surface area contributed by atoms with Crippen LogP contribution in [0.15, 0.2) is 30.6 Å². The highest BCUT2D eigenvalue weighted by atomic mass is 16.5. The zero-order valence-corrected chi connectivity index (χ0v) is 12.5. The fraction of sp³-hybridized carbons (Fsp3) is 0.400. The van der Waals surface area contributed by atoms with Crippen molar-refractivity contribution in [2.24, 2.45) is 0 Å². The first-order valence-electron chi connectivity index (χ1n) is 7.33. The van der Waals surface area contributed by atoms with Gasteiger partial charge in [-0.05, 0) is 19.1 Å². The van der Waals surface area contributed by atoms with Gasteiger partial charge < -0.3 is 15.4 Å². The summed E-state index contributed by atoms with van der Waals surface area (Å²) in [6.45, 7) is 4.24. The monoisotopic (exact) mass is 301 g/mol. The van der Waals surface area contributed by atoms with Gasteiger partial charge in [-0.2, -0.15) is 5.10 Å². The normalized spacial score (nSPS) is 18.4. The summed E-state index contributed by atoms with van der Waals surface area (Å²) in [4.78, 5) is 18.6. The molecule has 0 aromatic carbocycles. The molecule has 2 N–H and O–H groups in total. The molecular weight excluding hydrogens is 282 g/mol. The number of amides is 1. The molecule has 1 fully saturated rings. The number of ether oxygens (including phenoxy) is 1. The van der Waals surface area contributed by atoms with Gasteiger partial charge in [0.05, 0.1) is 30.6 Å². The topological polar surface area (TPSA) is 86.3 Å². The summed E-state index contributed by atoms with van der Waals surface area (Å²) < 4.78 is 7.47. The highest BCUT2D eigenvalue weighted by Gasteiger charge is 2.27. The number of hydrogen-bond donors (Lipinski definition) is 1. The van der Waals surface area contributed by atoms with Crippen molar-refractivity contribution in [3.05, 3.63) is 41.9 Å². The molecule has 0 radical (unpaired) electrons. The van der Waals surface area contributed by atoms with Gasteiger partial charge in [0.1, 0.15) is 11.9 Å². The van der Waals surface area contributed by atoms with Crippen molar-refractivity contribution in [2.45, 2.75) is 19.6 Å². The molecule has 2 aromatic heterocycles. The third-order valence-electron chi connectivity index (χ3n) is 3.68. The Bertz CT molecular complexity index is 669. The lowest BCUT2D eigenvalue weighted by Crippen LogP contribution is -2.42. The van der Waals surface area contributed by atoms with E-state index in [9.17, 15) is 4.79 Å². The summed E-state index contributed by atoms with van der Waals surface area (Å²) >= 11 is 0. The van der Waals surface area contributed by atoms with Gasteiger partial charge in [0.15, 0.2) is 0 Å². The minimum atomic E-state index is -0.248. The van der Waals surface area contributed by atoms with E-state index in [-0.39, 0.29) is 12.0 Å². The van der Waals surface area contributed by atoms with E-state index in [0.717, 1.165) is 12.2 Å². The van der Waals surface area contributed by atoms with E-state index in [2.05, 4.69) is 10.1 Å². The SMILES string of the molecule is CCn1cc(C(=O)N2CCOC(c3cccc(N)n3)C2)cn1. The summed E-state index contributed by atoms with van der Waals surface area (Å²) in [5.41, 5.74) is 7.06. The first kappa shape index (κ1) is 14.5. The van der Waals surface area contributed by atoms with Gasteiger partial charge in [0.25, 0.3) is 5.91 Å². The van der Waals surface area contributed by atoms with Gasteiger partial charge in [0.2, 0.25) is 0 Å². The third-order valence-corrected chi connectivity index (χ3v) is 3.68. The maximum Gasteiger partial charge on any atom is 0.257 e. The van der Waals surface area contributed by atoms with Crippen molar-refractivity contribution >= 4 is 11.7 Å². The van der Waals surface area contributed by atoms with Crippen LogP contribution in [-0.2, 0) is 11.3 Å². The van der Waals surface area contributed by atoms with Gasteiger partial charge >= 0.3 is 0 Å². The quantitative estimate of drug-likeness (QED) is 0.917. The van der Waals surface area contributed by atoms with Crippen LogP contribution in [0.25, 0.3) is 0 Å². The second kappa shape index (κ2) is 6.15. The van der Waals surface area contributed by atoms with Crippen LogP contribution in [0.5, 0.6) is 0 Å². The van der Waals surface area contributed by atoms with E-state index in [1.165, 1.54) is 0 Å². The number of aryl methyl sites for hydroxylation is 1. The van der Waals surface area contributed by atoms with Crippen LogP contribution < -0.4 is 5.73 Å². The lowest BCUT2D eigenvalue weighted by Gasteiger charge is -2.32. The number of morpholine rings is 1. The maximum atomic E-state index is 12.5. The Morgan fingerprint density at radius 1 is 1.50 bits per heavy atom. The molecule has 1 aliphatic rings. The van der Waals surface area contributed by atoms with Crippen LogP contribution >= 0.6 is 0 Å². The number of anilines is 1. The van der Waals surface area contributed by atoms with Gasteiger partial charge in [-0.3, -0.25) is 9.48 Å². The van der Waals surface area contributed by atoms with E-state index in [0.29, 0.717) is 31.1 Å². The average molecular weight is 301 g/mol. The van der Waals surface area contributed by atoms with Crippen LogP contribution in [0.4, 0.5) is 5.82 Å². The molecule has 2 aromatic rings. The fourth-order valence-electron chi connectivity index (χ4n) is 2.49. The molecule has 1 atom stereocenters. The van der Waals surface area contributed by atoms with Gasteiger partial charge in [0, 0.05) is 19.3 Å². The molecule has 1 aliphatic heterocycles. The number of aromatic nitrogens is 3. The summed E-state index contributed by atoms with van der Waals surface area (Å²) in [6, 6.07) is 5.44. The first-order chi connectivity index (χ1) is 10.7. The Hall–Kier alpha value is -2.41. The molecule has 0 bridgehead atoms. The molecule has 1 amide bonds. The summed E-state index contributed by atoms with van der Waals surface area (Å²) in [6.07, 6.45) is 3.13. The summed E-state index contributed by atoms with van der Waals surface area (Å²) in [7, 11) is 0. The molecule has 0 aliphatic carbocycles. The minimum Gasteiger partial charge on any atom is -0.384 e. The zero-order valence-electron chi connectivity index (χ0n) is 12.5. The lowest BCUT2D eigenvalue weighted by molar-refractivity contribution is -0.0246. The van der Waals surface area contributed by atoms with Crippen LogP contribution in [0.3, 0.4) is 0 Å². The van der Waals surface area contributed by atoms with Crippen molar-refractivity contribution < 1.29 is 9.53 Å². The predicted molar refractivity (Wildman–Crippen MR) is 81.1 cm³/mol. The molecule has 3 rings (SSSR count). The van der Waals surface area contributed by atoms with E-state index in [4.69, 9.17) is 10.5 Å². The number of nitrogens with two attached hydrogens (primary N) is 1. The number of hydrogen-bond acceptors (Lipinski definition) is 5. The first-order valence-corrected chi connectivity index (χ1v) is 7.33. The number of carbonyl (C=O) groups excluding carboxylic acids is 1. The van der Waals surface area contributed by atoms with E-state index >= 15 is 0 Å². The Morgan fingerprint density at radius 3 is 3.09 bits per heavy atom. The molecule has 7 heteroatoms. The Labute approximate surface area is 128 Å². The van der Waals surface area contributed by atoms with Crippen LogP contribution in [0.1, 0.15) is 29.1 Å². The molecule has 0 saturated carbocycles. The maximum absolute atomic E-state index is 12.5. The van der Waals surface area contributed by atoms with E-state index in [1.807, 2.05) is 19.1 Å². The number of nitrogen functional groups attached to an aromatic ring is 1. The van der Waals surface area contributed by atoms with Crippen LogP contribution in [0.2, 0.25) is 0 Å². The van der Waals surface area contributed by atoms with Gasteiger partial charge in [-0.15, -0.1) is 0 Å². The van der Waals surface area contributed by atoms with Crippen molar-refractivity contribution in [2.75, 3.05) is 25.4 Å². The Kier molecular flexibility index (Phi) is 4.06. The lowest BCUT2D eigenvalue weighted by atomic mass is 10.1. The van der Waals surface area contributed by atoms with E-state index < -0.39 is 0 Å². The van der Waals surface area contributed by atoms with Crippen molar-refractivity contribution in [3.8, 4) is 0 Å². The second-order valence-electron chi connectivity index (χ2n) is 5.18. The van der Waals surface area contributed by atoms with Gasteiger partial charge in [-0.25, -0.2) is 4.98 Å². The van der Waals surface area contributed by atoms with Gasteiger partial charge in [-0.1, -0.05) is 6.07 Å². The smallest absolute Gasteiger partial charge is 0.257 e. The van der Waals surface area contributed by atoms with Crippen LogP contribution in [-0.4, -0.2) is 45.3 Å².